The Morgan fingerprint density at radius 2 is 2.19 bits per heavy atom. The predicted molar refractivity (Wildman–Crippen MR) is 64.2 cm³/mol. The number of nitrogens with two attached hydrogens (primary N) is 1. The van der Waals surface area contributed by atoms with Gasteiger partial charge in [0.2, 0.25) is 0 Å². The van der Waals surface area contributed by atoms with E-state index in [1.807, 2.05) is 0 Å². The van der Waals surface area contributed by atoms with E-state index < -0.39 is 0 Å². The molecule has 1 rings (SSSR count). The van der Waals surface area contributed by atoms with Crippen LogP contribution in [0.15, 0.2) is 12.2 Å². The second-order valence-corrected chi connectivity index (χ2v) is 4.08. The Balaban J connectivity index is 2.18. The number of amides is 1. The maximum absolute atomic E-state index is 11.4. The van der Waals surface area contributed by atoms with E-state index in [9.17, 15) is 4.79 Å². The Kier molecular flexibility index (Phi) is 6.65. The Morgan fingerprint density at radius 3 is 3.00 bits per heavy atom. The topological polar surface area (TPSA) is 64.3 Å². The largest absolute Gasteiger partial charge is 0.446 e. The summed E-state index contributed by atoms with van der Waals surface area (Å²) in [5.74, 6) is 0. The number of nitrogens with one attached hydrogen (secondary N) is 1. The molecule has 16 heavy (non-hydrogen) atoms. The van der Waals surface area contributed by atoms with Gasteiger partial charge in [-0.15, -0.1) is 0 Å². The number of carbonyl (C=O) groups is 1. The van der Waals surface area contributed by atoms with E-state index in [1.54, 1.807) is 0 Å². The lowest BCUT2D eigenvalue weighted by Gasteiger charge is -2.18. The van der Waals surface area contributed by atoms with Crippen LogP contribution >= 0.6 is 0 Å². The lowest BCUT2D eigenvalue weighted by molar-refractivity contribution is 0.0864. The Bertz CT molecular complexity index is 229. The minimum atomic E-state index is -0.303. The Morgan fingerprint density at radius 1 is 1.38 bits per heavy atom. The first-order chi connectivity index (χ1) is 7.83. The molecule has 0 fully saturated rings. The van der Waals surface area contributed by atoms with Crippen molar-refractivity contribution in [3.05, 3.63) is 12.2 Å². The molecular weight excluding hydrogens is 204 g/mol. The van der Waals surface area contributed by atoms with Crippen molar-refractivity contribution in [1.29, 1.82) is 0 Å². The van der Waals surface area contributed by atoms with Crippen LogP contribution in [0, 0.1) is 0 Å². The average molecular weight is 226 g/mol. The monoisotopic (exact) mass is 226 g/mol. The van der Waals surface area contributed by atoms with Gasteiger partial charge in [0.1, 0.15) is 6.10 Å². The molecule has 0 saturated heterocycles. The normalized spacial score (nSPS) is 22.9. The van der Waals surface area contributed by atoms with Gasteiger partial charge in [0.05, 0.1) is 0 Å². The van der Waals surface area contributed by atoms with Crippen LogP contribution in [0.2, 0.25) is 0 Å². The molecule has 0 heterocycles. The predicted octanol–water partition coefficient (Wildman–Crippen LogP) is 1.95. The van der Waals surface area contributed by atoms with E-state index in [-0.39, 0.29) is 12.2 Å². The third kappa shape index (κ3) is 5.75. The lowest BCUT2D eigenvalue weighted by atomic mass is 10.0. The van der Waals surface area contributed by atoms with Crippen molar-refractivity contribution in [1.82, 2.24) is 5.32 Å². The quantitative estimate of drug-likeness (QED) is 0.569. The van der Waals surface area contributed by atoms with Crippen LogP contribution in [0.4, 0.5) is 4.79 Å². The molecule has 1 aliphatic rings. The molecule has 1 aliphatic carbocycles. The van der Waals surface area contributed by atoms with Gasteiger partial charge < -0.3 is 15.8 Å². The van der Waals surface area contributed by atoms with Crippen molar-refractivity contribution in [2.24, 2.45) is 5.73 Å². The van der Waals surface area contributed by atoms with Crippen LogP contribution < -0.4 is 11.1 Å². The van der Waals surface area contributed by atoms with Gasteiger partial charge in [-0.1, -0.05) is 12.2 Å². The van der Waals surface area contributed by atoms with Crippen molar-refractivity contribution in [3.63, 3.8) is 0 Å². The highest BCUT2D eigenvalue weighted by molar-refractivity contribution is 5.67. The summed E-state index contributed by atoms with van der Waals surface area (Å²) in [7, 11) is 0. The second-order valence-electron chi connectivity index (χ2n) is 4.08. The summed E-state index contributed by atoms with van der Waals surface area (Å²) in [5.41, 5.74) is 5.34. The Labute approximate surface area is 97.2 Å². The number of alkyl carbamates (subject to hydrolysis) is 1. The van der Waals surface area contributed by atoms with Gasteiger partial charge >= 0.3 is 6.09 Å². The van der Waals surface area contributed by atoms with Crippen LogP contribution in [-0.2, 0) is 4.74 Å². The number of ether oxygens (including phenoxy) is 1. The van der Waals surface area contributed by atoms with Gasteiger partial charge in [0.25, 0.3) is 0 Å². The van der Waals surface area contributed by atoms with E-state index in [0.717, 1.165) is 38.5 Å². The molecule has 0 aromatic carbocycles. The van der Waals surface area contributed by atoms with Gasteiger partial charge in [0, 0.05) is 6.54 Å². The molecule has 4 nitrogen and oxygen atoms in total. The summed E-state index contributed by atoms with van der Waals surface area (Å²) in [4.78, 5) is 11.4. The average Bonchev–Trinajstić information content (AvgIpc) is 2.22. The highest BCUT2D eigenvalue weighted by Crippen LogP contribution is 2.15. The summed E-state index contributed by atoms with van der Waals surface area (Å²) in [5, 5.41) is 2.71. The molecule has 0 spiro atoms. The van der Waals surface area contributed by atoms with Crippen molar-refractivity contribution in [3.8, 4) is 0 Å². The molecule has 3 N–H and O–H groups in total. The van der Waals surface area contributed by atoms with Gasteiger partial charge in [-0.3, -0.25) is 0 Å². The lowest BCUT2D eigenvalue weighted by Crippen LogP contribution is -2.30. The molecule has 0 saturated carbocycles. The van der Waals surface area contributed by atoms with E-state index >= 15 is 0 Å². The highest BCUT2D eigenvalue weighted by Gasteiger charge is 2.13. The molecule has 1 unspecified atom stereocenters. The molecular formula is C12H22N2O2. The van der Waals surface area contributed by atoms with Gasteiger partial charge in [0.15, 0.2) is 0 Å². The van der Waals surface area contributed by atoms with E-state index in [2.05, 4.69) is 17.5 Å². The fourth-order valence-electron chi connectivity index (χ4n) is 1.73. The summed E-state index contributed by atoms with van der Waals surface area (Å²) < 4.78 is 5.35. The SMILES string of the molecule is NCCCNC(=O)OC1CC/C=C\CCC1. The summed E-state index contributed by atoms with van der Waals surface area (Å²) >= 11 is 0. The van der Waals surface area contributed by atoms with Crippen molar-refractivity contribution in [2.45, 2.75) is 44.6 Å². The van der Waals surface area contributed by atoms with Crippen molar-refractivity contribution < 1.29 is 9.53 Å². The molecule has 0 bridgehead atoms. The molecule has 0 aliphatic heterocycles. The van der Waals surface area contributed by atoms with Crippen LogP contribution in [0.25, 0.3) is 0 Å². The van der Waals surface area contributed by atoms with Crippen LogP contribution in [0.3, 0.4) is 0 Å². The number of carbonyl (C=O) groups excluding carboxylic acids is 1. The third-order valence-electron chi connectivity index (χ3n) is 2.64. The molecule has 0 aromatic rings. The summed E-state index contributed by atoms with van der Waals surface area (Å²) in [6.45, 7) is 1.19. The van der Waals surface area contributed by atoms with Crippen molar-refractivity contribution in [2.75, 3.05) is 13.1 Å². The van der Waals surface area contributed by atoms with Gasteiger partial charge in [-0.25, -0.2) is 4.79 Å². The zero-order valence-corrected chi connectivity index (χ0v) is 9.78. The zero-order valence-electron chi connectivity index (χ0n) is 9.78. The first-order valence-corrected chi connectivity index (χ1v) is 6.12. The fraction of sp³-hybridized carbons (Fsp3) is 0.750. The smallest absolute Gasteiger partial charge is 0.407 e. The molecule has 1 atom stereocenters. The first kappa shape index (κ1) is 13.0. The first-order valence-electron chi connectivity index (χ1n) is 6.12. The third-order valence-corrected chi connectivity index (χ3v) is 2.64. The highest BCUT2D eigenvalue weighted by atomic mass is 16.6. The van der Waals surface area contributed by atoms with Crippen molar-refractivity contribution >= 4 is 6.09 Å². The molecule has 1 amide bonds. The standard InChI is InChI=1S/C12H22N2O2/c13-9-6-10-14-12(15)16-11-7-4-2-1-3-5-8-11/h1-2,11H,3-10,13H2,(H,14,15)/b2-1-. The maximum Gasteiger partial charge on any atom is 0.407 e. The maximum atomic E-state index is 11.4. The Hall–Kier alpha value is -1.03. The van der Waals surface area contributed by atoms with E-state index in [0.29, 0.717) is 13.1 Å². The number of hydrogen-bond acceptors (Lipinski definition) is 3. The summed E-state index contributed by atoms with van der Waals surface area (Å²) in [6, 6.07) is 0. The van der Waals surface area contributed by atoms with Crippen LogP contribution in [-0.4, -0.2) is 25.3 Å². The molecule has 0 radical (unpaired) electrons. The van der Waals surface area contributed by atoms with Gasteiger partial charge in [-0.05, 0) is 45.1 Å². The van der Waals surface area contributed by atoms with Crippen LogP contribution in [0.5, 0.6) is 0 Å². The van der Waals surface area contributed by atoms with E-state index in [1.165, 1.54) is 0 Å². The minimum Gasteiger partial charge on any atom is -0.446 e. The van der Waals surface area contributed by atoms with Gasteiger partial charge in [-0.2, -0.15) is 0 Å². The number of hydrogen-bond donors (Lipinski definition) is 2. The number of allylic oxidation sites excluding steroid dienone is 2. The fourth-order valence-corrected chi connectivity index (χ4v) is 1.73. The van der Waals surface area contributed by atoms with Crippen LogP contribution in [0.1, 0.15) is 38.5 Å². The number of rotatable bonds is 4. The molecule has 92 valence electrons. The molecule has 4 heteroatoms. The minimum absolute atomic E-state index is 0.0721. The zero-order chi connectivity index (χ0) is 11.6. The molecule has 0 aromatic heterocycles. The van der Waals surface area contributed by atoms with E-state index in [4.69, 9.17) is 10.5 Å². The second kappa shape index (κ2) is 8.16. The summed E-state index contributed by atoms with van der Waals surface area (Å²) in [6.07, 6.45) is 10.0.